The molecular formula is C20H33N3O2. The van der Waals surface area contributed by atoms with Gasteiger partial charge in [-0.15, -0.1) is 0 Å². The van der Waals surface area contributed by atoms with Gasteiger partial charge in [0.2, 0.25) is 0 Å². The molecule has 0 radical (unpaired) electrons. The van der Waals surface area contributed by atoms with Crippen LogP contribution in [0.4, 0.5) is 0 Å². The van der Waals surface area contributed by atoms with E-state index in [2.05, 4.69) is 16.2 Å². The molecule has 3 heterocycles. The lowest BCUT2D eigenvalue weighted by atomic mass is 9.73. The van der Waals surface area contributed by atoms with Gasteiger partial charge in [0, 0.05) is 57.1 Å². The number of likely N-dealkylation sites (tertiary alicyclic amines) is 1. The quantitative estimate of drug-likeness (QED) is 0.793. The number of aromatic nitrogens is 2. The van der Waals surface area contributed by atoms with Crippen LogP contribution >= 0.6 is 0 Å². The molecule has 0 amide bonds. The topological polar surface area (TPSA) is 39.5 Å². The molecular weight excluding hydrogens is 314 g/mol. The minimum atomic E-state index is 0.192. The van der Waals surface area contributed by atoms with Gasteiger partial charge in [0.1, 0.15) is 0 Å². The molecule has 5 heteroatoms. The van der Waals surface area contributed by atoms with E-state index in [1.807, 2.05) is 17.9 Å². The molecule has 0 spiro atoms. The SMILES string of the molecule is Cn1cc(CN2CCC3OCCCC3(COCC3CCCC3)C2)cn1. The van der Waals surface area contributed by atoms with E-state index < -0.39 is 0 Å². The fourth-order valence-corrected chi connectivity index (χ4v) is 5.15. The first-order valence-electron chi connectivity index (χ1n) is 10.1. The number of hydrogen-bond acceptors (Lipinski definition) is 4. The van der Waals surface area contributed by atoms with Crippen LogP contribution in [-0.2, 0) is 23.1 Å². The Morgan fingerprint density at radius 3 is 2.96 bits per heavy atom. The first kappa shape index (κ1) is 17.5. The van der Waals surface area contributed by atoms with E-state index in [1.165, 1.54) is 44.1 Å². The lowest BCUT2D eigenvalue weighted by Gasteiger charge is -2.50. The highest BCUT2D eigenvalue weighted by atomic mass is 16.5. The lowest BCUT2D eigenvalue weighted by molar-refractivity contribution is -0.155. The van der Waals surface area contributed by atoms with Gasteiger partial charge in [-0.1, -0.05) is 12.8 Å². The molecule has 1 aromatic rings. The van der Waals surface area contributed by atoms with E-state index in [9.17, 15) is 0 Å². The molecule has 2 aliphatic heterocycles. The van der Waals surface area contributed by atoms with Crippen LogP contribution < -0.4 is 0 Å². The van der Waals surface area contributed by atoms with Crippen LogP contribution in [-0.4, -0.2) is 53.7 Å². The normalized spacial score (nSPS) is 31.3. The Morgan fingerprint density at radius 1 is 1.28 bits per heavy atom. The van der Waals surface area contributed by atoms with Gasteiger partial charge in [-0.2, -0.15) is 5.10 Å². The smallest absolute Gasteiger partial charge is 0.0677 e. The summed E-state index contributed by atoms with van der Waals surface area (Å²) < 4.78 is 14.4. The Balaban J connectivity index is 1.37. The third-order valence-electron chi connectivity index (χ3n) is 6.45. The maximum absolute atomic E-state index is 6.30. The first-order valence-corrected chi connectivity index (χ1v) is 10.1. The molecule has 2 unspecified atom stereocenters. The summed E-state index contributed by atoms with van der Waals surface area (Å²) in [5.41, 5.74) is 1.50. The van der Waals surface area contributed by atoms with Gasteiger partial charge >= 0.3 is 0 Å². The number of rotatable bonds is 6. The van der Waals surface area contributed by atoms with E-state index in [4.69, 9.17) is 9.47 Å². The maximum Gasteiger partial charge on any atom is 0.0677 e. The van der Waals surface area contributed by atoms with Crippen molar-refractivity contribution in [3.8, 4) is 0 Å². The summed E-state index contributed by atoms with van der Waals surface area (Å²) in [6, 6.07) is 0. The summed E-state index contributed by atoms with van der Waals surface area (Å²) in [6.07, 6.45) is 13.6. The van der Waals surface area contributed by atoms with Crippen molar-refractivity contribution in [2.45, 2.75) is 57.6 Å². The van der Waals surface area contributed by atoms with E-state index in [1.54, 1.807) is 0 Å². The third kappa shape index (κ3) is 4.09. The van der Waals surface area contributed by atoms with Gasteiger partial charge in [-0.3, -0.25) is 9.58 Å². The van der Waals surface area contributed by atoms with Gasteiger partial charge in [0.05, 0.1) is 18.9 Å². The van der Waals surface area contributed by atoms with Crippen molar-refractivity contribution in [3.05, 3.63) is 18.0 Å². The van der Waals surface area contributed by atoms with Crippen molar-refractivity contribution in [1.29, 1.82) is 0 Å². The second-order valence-corrected chi connectivity index (χ2v) is 8.51. The van der Waals surface area contributed by atoms with Crippen molar-refractivity contribution < 1.29 is 9.47 Å². The molecule has 3 aliphatic rings. The molecule has 0 bridgehead atoms. The van der Waals surface area contributed by atoms with Crippen LogP contribution in [0.2, 0.25) is 0 Å². The predicted molar refractivity (Wildman–Crippen MR) is 97.3 cm³/mol. The zero-order valence-electron chi connectivity index (χ0n) is 15.7. The van der Waals surface area contributed by atoms with Crippen molar-refractivity contribution in [2.75, 3.05) is 32.9 Å². The van der Waals surface area contributed by atoms with E-state index >= 15 is 0 Å². The number of hydrogen-bond donors (Lipinski definition) is 0. The van der Waals surface area contributed by atoms with Crippen LogP contribution in [0.25, 0.3) is 0 Å². The lowest BCUT2D eigenvalue weighted by Crippen LogP contribution is -2.56. The van der Waals surface area contributed by atoms with Gasteiger partial charge in [0.15, 0.2) is 0 Å². The largest absolute Gasteiger partial charge is 0.380 e. The minimum Gasteiger partial charge on any atom is -0.380 e. The summed E-state index contributed by atoms with van der Waals surface area (Å²) in [5, 5.41) is 4.32. The molecule has 0 aromatic carbocycles. The molecule has 25 heavy (non-hydrogen) atoms. The average molecular weight is 348 g/mol. The number of aryl methyl sites for hydroxylation is 1. The highest BCUT2D eigenvalue weighted by Crippen LogP contribution is 2.41. The maximum atomic E-state index is 6.30. The zero-order chi connectivity index (χ0) is 17.1. The van der Waals surface area contributed by atoms with Gasteiger partial charge in [-0.05, 0) is 38.0 Å². The fourth-order valence-electron chi connectivity index (χ4n) is 5.15. The summed E-state index contributed by atoms with van der Waals surface area (Å²) in [5.74, 6) is 0.800. The van der Waals surface area contributed by atoms with Crippen LogP contribution in [0, 0.1) is 11.3 Å². The van der Waals surface area contributed by atoms with Gasteiger partial charge in [0.25, 0.3) is 0 Å². The van der Waals surface area contributed by atoms with Crippen molar-refractivity contribution in [3.63, 3.8) is 0 Å². The molecule has 3 fully saturated rings. The van der Waals surface area contributed by atoms with E-state index in [0.717, 1.165) is 51.8 Å². The number of ether oxygens (including phenoxy) is 2. The van der Waals surface area contributed by atoms with Gasteiger partial charge < -0.3 is 9.47 Å². The van der Waals surface area contributed by atoms with Crippen molar-refractivity contribution in [1.82, 2.24) is 14.7 Å². The number of fused-ring (bicyclic) bond motifs is 1. The number of nitrogens with zero attached hydrogens (tertiary/aromatic N) is 3. The fraction of sp³-hybridized carbons (Fsp3) is 0.850. The second-order valence-electron chi connectivity index (χ2n) is 8.51. The Kier molecular flexibility index (Phi) is 5.44. The standard InChI is InChI=1S/C20H33N3O2/c1-22-12-18(11-21-22)13-23-9-7-19-20(15-23,8-4-10-25-19)16-24-14-17-5-2-3-6-17/h11-12,17,19H,2-10,13-16H2,1H3. The minimum absolute atomic E-state index is 0.192. The Hall–Kier alpha value is -0.910. The monoisotopic (exact) mass is 347 g/mol. The summed E-state index contributed by atoms with van der Waals surface area (Å²) in [7, 11) is 1.99. The first-order chi connectivity index (χ1) is 12.2. The summed E-state index contributed by atoms with van der Waals surface area (Å²) in [6.45, 7) is 5.96. The Morgan fingerprint density at radius 2 is 2.16 bits per heavy atom. The highest BCUT2D eigenvalue weighted by Gasteiger charge is 2.46. The number of piperidine rings is 1. The molecule has 4 rings (SSSR count). The predicted octanol–water partition coefficient (Wildman–Crippen LogP) is 3.00. The molecule has 1 aromatic heterocycles. The average Bonchev–Trinajstić information content (AvgIpc) is 3.26. The molecule has 1 saturated carbocycles. The van der Waals surface area contributed by atoms with Crippen LogP contribution in [0.3, 0.4) is 0 Å². The Labute approximate surface area is 151 Å². The zero-order valence-corrected chi connectivity index (χ0v) is 15.7. The summed E-state index contributed by atoms with van der Waals surface area (Å²) in [4.78, 5) is 2.58. The summed E-state index contributed by atoms with van der Waals surface area (Å²) >= 11 is 0. The van der Waals surface area contributed by atoms with Crippen LogP contribution in [0.15, 0.2) is 12.4 Å². The van der Waals surface area contributed by atoms with Crippen molar-refractivity contribution >= 4 is 0 Å². The third-order valence-corrected chi connectivity index (χ3v) is 6.45. The highest BCUT2D eigenvalue weighted by molar-refractivity contribution is 5.05. The van der Waals surface area contributed by atoms with Gasteiger partial charge in [-0.25, -0.2) is 0 Å². The molecule has 2 atom stereocenters. The molecule has 140 valence electrons. The van der Waals surface area contributed by atoms with E-state index in [0.29, 0.717) is 6.10 Å². The molecule has 2 saturated heterocycles. The van der Waals surface area contributed by atoms with E-state index in [-0.39, 0.29) is 5.41 Å². The molecule has 0 N–H and O–H groups in total. The second kappa shape index (κ2) is 7.77. The molecule has 5 nitrogen and oxygen atoms in total. The molecule has 1 aliphatic carbocycles. The van der Waals surface area contributed by atoms with Crippen molar-refractivity contribution in [2.24, 2.45) is 18.4 Å². The Bertz CT molecular complexity index is 555. The van der Waals surface area contributed by atoms with Crippen LogP contribution in [0.1, 0.15) is 50.5 Å². The van der Waals surface area contributed by atoms with Crippen LogP contribution in [0.5, 0.6) is 0 Å².